The minimum Gasteiger partial charge on any atom is -0.343 e. The lowest BCUT2D eigenvalue weighted by molar-refractivity contribution is -0.157. The van der Waals surface area contributed by atoms with Gasteiger partial charge in [-0.3, -0.25) is 9.59 Å². The van der Waals surface area contributed by atoms with Crippen LogP contribution in [0.4, 0.5) is 8.78 Å². The summed E-state index contributed by atoms with van der Waals surface area (Å²) in [6, 6.07) is 2.42. The highest BCUT2D eigenvalue weighted by atomic mass is 19.1. The Morgan fingerprint density at radius 3 is 2.62 bits per heavy atom. The lowest BCUT2D eigenvalue weighted by Crippen LogP contribution is -2.68. The third-order valence-electron chi connectivity index (χ3n) is 4.09. The molecule has 114 valence electrons. The number of halogens is 2. The second kappa shape index (κ2) is 5.42. The summed E-state index contributed by atoms with van der Waals surface area (Å²) in [6.45, 7) is 4.84. The van der Waals surface area contributed by atoms with Crippen molar-refractivity contribution < 1.29 is 18.4 Å². The first-order valence-corrected chi connectivity index (χ1v) is 6.86. The maximum Gasteiger partial charge on any atom is 0.246 e. The Hall–Kier alpha value is -1.98. The normalized spacial score (nSPS) is 26.0. The van der Waals surface area contributed by atoms with Crippen LogP contribution in [0.5, 0.6) is 0 Å². The second-order valence-electron chi connectivity index (χ2n) is 5.48. The van der Waals surface area contributed by atoms with E-state index in [2.05, 4.69) is 5.32 Å². The molecule has 0 aliphatic carbocycles. The molecule has 1 aromatic rings. The van der Waals surface area contributed by atoms with Crippen molar-refractivity contribution in [2.24, 2.45) is 0 Å². The monoisotopic (exact) mass is 296 g/mol. The highest BCUT2D eigenvalue weighted by Crippen LogP contribution is 2.27. The largest absolute Gasteiger partial charge is 0.343 e. The second-order valence-corrected chi connectivity index (χ2v) is 5.48. The zero-order valence-corrected chi connectivity index (χ0v) is 12.2. The van der Waals surface area contributed by atoms with Gasteiger partial charge in [-0.15, -0.1) is 0 Å². The quantitative estimate of drug-likeness (QED) is 0.927. The Bertz CT molecular complexity index is 591. The third kappa shape index (κ3) is 2.62. The first-order valence-electron chi connectivity index (χ1n) is 6.86. The summed E-state index contributed by atoms with van der Waals surface area (Å²) in [7, 11) is 0. The molecular formula is C15H18F2N2O2. The molecule has 4 nitrogen and oxygen atoms in total. The summed E-state index contributed by atoms with van der Waals surface area (Å²) in [4.78, 5) is 25.9. The van der Waals surface area contributed by atoms with Crippen molar-refractivity contribution in [3.8, 4) is 0 Å². The van der Waals surface area contributed by atoms with Gasteiger partial charge in [-0.05, 0) is 38.5 Å². The molecule has 1 aliphatic rings. The number of piperazine rings is 1. The van der Waals surface area contributed by atoms with Crippen molar-refractivity contribution in [3.63, 3.8) is 0 Å². The fourth-order valence-electron chi connectivity index (χ4n) is 2.45. The number of amides is 2. The van der Waals surface area contributed by atoms with Gasteiger partial charge in [0.15, 0.2) is 0 Å². The zero-order valence-electron chi connectivity index (χ0n) is 12.2. The van der Waals surface area contributed by atoms with Gasteiger partial charge in [0.25, 0.3) is 0 Å². The van der Waals surface area contributed by atoms with E-state index in [1.807, 2.05) is 0 Å². The van der Waals surface area contributed by atoms with Gasteiger partial charge in [-0.2, -0.15) is 0 Å². The van der Waals surface area contributed by atoms with E-state index in [4.69, 9.17) is 0 Å². The average Bonchev–Trinajstić information content (AvgIpc) is 2.45. The van der Waals surface area contributed by atoms with Gasteiger partial charge < -0.3 is 10.2 Å². The Morgan fingerprint density at radius 1 is 1.33 bits per heavy atom. The van der Waals surface area contributed by atoms with E-state index in [0.717, 1.165) is 18.2 Å². The Morgan fingerprint density at radius 2 is 2.00 bits per heavy atom. The fraction of sp³-hybridized carbons (Fsp3) is 0.467. The Kier molecular flexibility index (Phi) is 3.98. The topological polar surface area (TPSA) is 49.4 Å². The first-order chi connectivity index (χ1) is 9.79. The Balaban J connectivity index is 2.40. The molecule has 0 saturated carbocycles. The van der Waals surface area contributed by atoms with E-state index in [1.165, 1.54) is 4.90 Å². The van der Waals surface area contributed by atoms with Crippen molar-refractivity contribution in [1.82, 2.24) is 10.2 Å². The van der Waals surface area contributed by atoms with Crippen LogP contribution in [0.2, 0.25) is 0 Å². The van der Waals surface area contributed by atoms with Crippen molar-refractivity contribution in [2.45, 2.75) is 45.3 Å². The lowest BCUT2D eigenvalue weighted by Gasteiger charge is -2.45. The molecule has 2 rings (SSSR count). The van der Waals surface area contributed by atoms with Crippen LogP contribution >= 0.6 is 0 Å². The van der Waals surface area contributed by atoms with Crippen LogP contribution in [0.3, 0.4) is 0 Å². The highest BCUT2D eigenvalue weighted by molar-refractivity contribution is 5.99. The summed E-state index contributed by atoms with van der Waals surface area (Å²) in [5.41, 5.74) is -1.01. The smallest absolute Gasteiger partial charge is 0.246 e. The number of hydrogen-bond acceptors (Lipinski definition) is 2. The predicted octanol–water partition coefficient (Wildman–Crippen LogP) is 1.98. The fourth-order valence-corrected chi connectivity index (χ4v) is 2.45. The van der Waals surface area contributed by atoms with Gasteiger partial charge in [0.05, 0.1) is 0 Å². The minimum absolute atomic E-state index is 0.0601. The summed E-state index contributed by atoms with van der Waals surface area (Å²) in [5.74, 6) is -1.76. The molecule has 1 fully saturated rings. The van der Waals surface area contributed by atoms with Crippen LogP contribution in [-0.4, -0.2) is 28.3 Å². The van der Waals surface area contributed by atoms with E-state index in [9.17, 15) is 18.4 Å². The van der Waals surface area contributed by atoms with Crippen LogP contribution in [0.15, 0.2) is 18.2 Å². The van der Waals surface area contributed by atoms with E-state index in [1.54, 1.807) is 20.8 Å². The molecule has 1 aliphatic heterocycles. The highest BCUT2D eigenvalue weighted by Gasteiger charge is 2.47. The average molecular weight is 296 g/mol. The molecule has 2 unspecified atom stereocenters. The number of nitrogens with one attached hydrogen (secondary N) is 1. The zero-order chi connectivity index (χ0) is 15.8. The number of hydrogen-bond donors (Lipinski definition) is 1. The molecule has 0 spiro atoms. The number of carbonyl (C=O) groups is 2. The van der Waals surface area contributed by atoms with E-state index in [0.29, 0.717) is 6.42 Å². The molecule has 6 heteroatoms. The molecule has 1 N–H and O–H groups in total. The van der Waals surface area contributed by atoms with Gasteiger partial charge in [-0.25, -0.2) is 8.78 Å². The van der Waals surface area contributed by atoms with Crippen LogP contribution in [0.1, 0.15) is 32.8 Å². The van der Waals surface area contributed by atoms with Crippen molar-refractivity contribution in [2.75, 3.05) is 0 Å². The molecule has 2 amide bonds. The molecule has 0 bridgehead atoms. The number of carbonyl (C=O) groups excluding carboxylic acids is 2. The van der Waals surface area contributed by atoms with Crippen molar-refractivity contribution in [3.05, 3.63) is 35.4 Å². The summed E-state index contributed by atoms with van der Waals surface area (Å²) in [6.07, 6.45) is 0.383. The maximum atomic E-state index is 13.8. The third-order valence-corrected chi connectivity index (χ3v) is 4.09. The van der Waals surface area contributed by atoms with E-state index < -0.39 is 23.2 Å². The van der Waals surface area contributed by atoms with E-state index >= 15 is 0 Å². The number of nitrogens with zero attached hydrogens (tertiary/aromatic N) is 1. The van der Waals surface area contributed by atoms with Gasteiger partial charge >= 0.3 is 0 Å². The minimum atomic E-state index is -1.07. The maximum absolute atomic E-state index is 13.8. The Labute approximate surface area is 122 Å². The number of rotatable bonds is 3. The van der Waals surface area contributed by atoms with Gasteiger partial charge in [0.2, 0.25) is 11.8 Å². The molecule has 0 radical (unpaired) electrons. The van der Waals surface area contributed by atoms with Gasteiger partial charge in [0.1, 0.15) is 23.2 Å². The SMILES string of the molecule is CCC1(C)C(=O)NC(C)C(=O)N1Cc1cc(F)ccc1F. The van der Waals surface area contributed by atoms with Crippen molar-refractivity contribution in [1.29, 1.82) is 0 Å². The molecule has 2 atom stereocenters. The lowest BCUT2D eigenvalue weighted by atomic mass is 9.90. The van der Waals surface area contributed by atoms with Crippen LogP contribution in [0.25, 0.3) is 0 Å². The molecule has 21 heavy (non-hydrogen) atoms. The first kappa shape index (κ1) is 15.4. The molecular weight excluding hydrogens is 278 g/mol. The number of benzene rings is 1. The predicted molar refractivity (Wildman–Crippen MR) is 73.2 cm³/mol. The van der Waals surface area contributed by atoms with Crippen LogP contribution in [0, 0.1) is 11.6 Å². The van der Waals surface area contributed by atoms with Crippen LogP contribution in [-0.2, 0) is 16.1 Å². The van der Waals surface area contributed by atoms with Gasteiger partial charge in [-0.1, -0.05) is 6.92 Å². The molecule has 1 aromatic carbocycles. The summed E-state index contributed by atoms with van der Waals surface area (Å²) in [5, 5.41) is 2.61. The van der Waals surface area contributed by atoms with E-state index in [-0.39, 0.29) is 23.9 Å². The van der Waals surface area contributed by atoms with Gasteiger partial charge in [0, 0.05) is 12.1 Å². The van der Waals surface area contributed by atoms with Crippen LogP contribution < -0.4 is 5.32 Å². The summed E-state index contributed by atoms with van der Waals surface area (Å²) >= 11 is 0. The summed E-state index contributed by atoms with van der Waals surface area (Å²) < 4.78 is 27.1. The molecule has 1 heterocycles. The molecule has 0 aromatic heterocycles. The standard InChI is InChI=1S/C15H18F2N2O2/c1-4-15(3)14(21)18-9(2)13(20)19(15)8-10-7-11(16)5-6-12(10)17/h5-7,9H,4,8H2,1-3H3,(H,18,21). The van der Waals surface area contributed by atoms with Crippen molar-refractivity contribution >= 4 is 11.8 Å². The molecule has 1 saturated heterocycles.